The highest BCUT2D eigenvalue weighted by Gasteiger charge is 2.22. The van der Waals surface area contributed by atoms with Gasteiger partial charge < -0.3 is 10.1 Å². The minimum atomic E-state index is -0.407. The standard InChI is InChI=1S/C12H22NO2/c1-9-5-7-10(8-6-9)13-11(14)15-12(2,3)4/h5,9-10H,6-8H2,1-4H3,(H,13,14). The van der Waals surface area contributed by atoms with E-state index in [1.807, 2.05) is 20.8 Å². The van der Waals surface area contributed by atoms with Crippen LogP contribution in [0, 0.1) is 12.3 Å². The summed E-state index contributed by atoms with van der Waals surface area (Å²) in [5, 5.41) is 2.90. The maximum atomic E-state index is 11.5. The third-order valence-electron chi connectivity index (χ3n) is 2.51. The molecule has 0 heterocycles. The van der Waals surface area contributed by atoms with Crippen LogP contribution in [-0.2, 0) is 4.74 Å². The molecule has 0 saturated heterocycles. The first-order chi connectivity index (χ1) is 6.87. The van der Waals surface area contributed by atoms with Crippen LogP contribution in [0.4, 0.5) is 4.79 Å². The topological polar surface area (TPSA) is 38.3 Å². The molecule has 15 heavy (non-hydrogen) atoms. The molecule has 1 aliphatic rings. The van der Waals surface area contributed by atoms with Crippen LogP contribution in [0.25, 0.3) is 0 Å². The zero-order valence-corrected chi connectivity index (χ0v) is 10.2. The maximum absolute atomic E-state index is 11.5. The Kier molecular flexibility index (Phi) is 4.00. The fourth-order valence-corrected chi connectivity index (χ4v) is 1.70. The Bertz CT molecular complexity index is 212. The Hall–Kier alpha value is -0.730. The summed E-state index contributed by atoms with van der Waals surface area (Å²) in [4.78, 5) is 11.5. The molecule has 3 nitrogen and oxygen atoms in total. The summed E-state index contributed by atoms with van der Waals surface area (Å²) in [6, 6.07) is 0.260. The first-order valence-corrected chi connectivity index (χ1v) is 5.69. The van der Waals surface area contributed by atoms with Crippen LogP contribution in [0.2, 0.25) is 0 Å². The van der Waals surface area contributed by atoms with Crippen molar-refractivity contribution in [1.82, 2.24) is 5.32 Å². The van der Waals surface area contributed by atoms with Crippen LogP contribution in [0.1, 0.15) is 47.0 Å². The molecule has 0 spiro atoms. The minimum Gasteiger partial charge on any atom is -0.444 e. The van der Waals surface area contributed by atoms with E-state index in [2.05, 4.69) is 18.7 Å². The number of amides is 1. The number of nitrogens with one attached hydrogen (secondary N) is 1. The number of carbonyl (C=O) groups excluding carboxylic acids is 1. The van der Waals surface area contributed by atoms with E-state index < -0.39 is 5.60 Å². The Morgan fingerprint density at radius 2 is 2.07 bits per heavy atom. The van der Waals surface area contributed by atoms with Crippen LogP contribution < -0.4 is 5.32 Å². The van der Waals surface area contributed by atoms with Crippen molar-refractivity contribution < 1.29 is 9.53 Å². The van der Waals surface area contributed by atoms with Crippen molar-refractivity contribution in [1.29, 1.82) is 0 Å². The number of ether oxygens (including phenoxy) is 1. The highest BCUT2D eigenvalue weighted by molar-refractivity contribution is 5.68. The summed E-state index contributed by atoms with van der Waals surface area (Å²) in [7, 11) is 0. The molecular formula is C12H22NO2. The van der Waals surface area contributed by atoms with E-state index in [4.69, 9.17) is 4.74 Å². The molecule has 0 aromatic heterocycles. The van der Waals surface area contributed by atoms with Gasteiger partial charge in [-0.3, -0.25) is 0 Å². The molecule has 0 aromatic carbocycles. The van der Waals surface area contributed by atoms with Gasteiger partial charge in [-0.25, -0.2) is 4.79 Å². The van der Waals surface area contributed by atoms with E-state index >= 15 is 0 Å². The Balaban J connectivity index is 2.27. The SMILES string of the molecule is CC1[CH]CC(NC(=O)OC(C)(C)C)CC1. The summed E-state index contributed by atoms with van der Waals surface area (Å²) >= 11 is 0. The lowest BCUT2D eigenvalue weighted by molar-refractivity contribution is 0.0495. The molecule has 0 bridgehead atoms. The molecule has 1 radical (unpaired) electrons. The van der Waals surface area contributed by atoms with Gasteiger partial charge in [0.2, 0.25) is 0 Å². The molecule has 1 aliphatic carbocycles. The largest absolute Gasteiger partial charge is 0.444 e. The van der Waals surface area contributed by atoms with Crippen LogP contribution in [0.5, 0.6) is 0 Å². The predicted octanol–water partition coefficient (Wildman–Crippen LogP) is 2.90. The predicted molar refractivity (Wildman–Crippen MR) is 60.5 cm³/mol. The monoisotopic (exact) mass is 212 g/mol. The van der Waals surface area contributed by atoms with Gasteiger partial charge in [0.25, 0.3) is 0 Å². The van der Waals surface area contributed by atoms with Crippen molar-refractivity contribution in [2.75, 3.05) is 0 Å². The second kappa shape index (κ2) is 4.86. The lowest BCUT2D eigenvalue weighted by atomic mass is 9.87. The molecule has 2 atom stereocenters. The summed E-state index contributed by atoms with van der Waals surface area (Å²) in [5.41, 5.74) is -0.407. The fraction of sp³-hybridized carbons (Fsp3) is 0.833. The van der Waals surface area contributed by atoms with Gasteiger partial charge in [-0.2, -0.15) is 0 Å². The van der Waals surface area contributed by atoms with Gasteiger partial charge >= 0.3 is 6.09 Å². The first-order valence-electron chi connectivity index (χ1n) is 5.69. The molecule has 3 heteroatoms. The Labute approximate surface area is 92.6 Å². The fourth-order valence-electron chi connectivity index (χ4n) is 1.70. The first kappa shape index (κ1) is 12.3. The van der Waals surface area contributed by atoms with Crippen molar-refractivity contribution in [2.45, 2.75) is 58.6 Å². The molecule has 2 unspecified atom stereocenters. The summed E-state index contributed by atoms with van der Waals surface area (Å²) in [5.74, 6) is 0.682. The van der Waals surface area contributed by atoms with Crippen LogP contribution >= 0.6 is 0 Å². The number of rotatable bonds is 1. The number of hydrogen-bond donors (Lipinski definition) is 1. The van der Waals surface area contributed by atoms with Gasteiger partial charge in [0.15, 0.2) is 0 Å². The van der Waals surface area contributed by atoms with Crippen LogP contribution in [-0.4, -0.2) is 17.7 Å². The van der Waals surface area contributed by atoms with Crippen molar-refractivity contribution >= 4 is 6.09 Å². The van der Waals surface area contributed by atoms with Gasteiger partial charge in [-0.15, -0.1) is 0 Å². The third-order valence-corrected chi connectivity index (χ3v) is 2.51. The summed E-state index contributed by atoms with van der Waals surface area (Å²) in [6.45, 7) is 7.84. The Morgan fingerprint density at radius 3 is 2.53 bits per heavy atom. The number of alkyl carbamates (subject to hydrolysis) is 1. The zero-order chi connectivity index (χ0) is 11.5. The average molecular weight is 212 g/mol. The highest BCUT2D eigenvalue weighted by atomic mass is 16.6. The lowest BCUT2D eigenvalue weighted by Crippen LogP contribution is -2.40. The molecule has 1 rings (SSSR count). The lowest BCUT2D eigenvalue weighted by Gasteiger charge is -2.28. The quantitative estimate of drug-likeness (QED) is 0.725. The van der Waals surface area contributed by atoms with Gasteiger partial charge in [-0.1, -0.05) is 6.92 Å². The smallest absolute Gasteiger partial charge is 0.407 e. The highest BCUT2D eigenvalue weighted by Crippen LogP contribution is 2.22. The zero-order valence-electron chi connectivity index (χ0n) is 10.2. The molecule has 0 aromatic rings. The second-order valence-electron chi connectivity index (χ2n) is 5.37. The number of hydrogen-bond acceptors (Lipinski definition) is 2. The maximum Gasteiger partial charge on any atom is 0.407 e. The molecule has 1 N–H and O–H groups in total. The van der Waals surface area contributed by atoms with Gasteiger partial charge in [-0.05, 0) is 52.4 Å². The molecule has 1 saturated carbocycles. The summed E-state index contributed by atoms with van der Waals surface area (Å²) in [6.07, 6.45) is 5.14. The van der Waals surface area contributed by atoms with Gasteiger partial charge in [0.1, 0.15) is 5.60 Å². The van der Waals surface area contributed by atoms with E-state index in [1.54, 1.807) is 0 Å². The van der Waals surface area contributed by atoms with Gasteiger partial charge in [0.05, 0.1) is 0 Å². The number of carbonyl (C=O) groups is 1. The molecule has 1 amide bonds. The van der Waals surface area contributed by atoms with Crippen molar-refractivity contribution in [3.63, 3.8) is 0 Å². The summed E-state index contributed by atoms with van der Waals surface area (Å²) < 4.78 is 5.20. The normalized spacial score (nSPS) is 27.2. The van der Waals surface area contributed by atoms with Crippen LogP contribution in [0.3, 0.4) is 0 Å². The van der Waals surface area contributed by atoms with Crippen LogP contribution in [0.15, 0.2) is 0 Å². The van der Waals surface area contributed by atoms with E-state index in [0.717, 1.165) is 19.3 Å². The van der Waals surface area contributed by atoms with E-state index in [0.29, 0.717) is 5.92 Å². The van der Waals surface area contributed by atoms with Crippen molar-refractivity contribution in [2.24, 2.45) is 5.92 Å². The van der Waals surface area contributed by atoms with E-state index in [-0.39, 0.29) is 12.1 Å². The van der Waals surface area contributed by atoms with Crippen molar-refractivity contribution in [3.05, 3.63) is 6.42 Å². The molecular weight excluding hydrogens is 190 g/mol. The van der Waals surface area contributed by atoms with Gasteiger partial charge in [0, 0.05) is 6.04 Å². The molecule has 0 aliphatic heterocycles. The molecule has 87 valence electrons. The Morgan fingerprint density at radius 1 is 1.40 bits per heavy atom. The minimum absolute atomic E-state index is 0.260. The second-order valence-corrected chi connectivity index (χ2v) is 5.37. The van der Waals surface area contributed by atoms with E-state index in [9.17, 15) is 4.79 Å². The third kappa shape index (κ3) is 5.05. The van der Waals surface area contributed by atoms with E-state index in [1.165, 1.54) is 0 Å². The molecule has 1 fully saturated rings. The average Bonchev–Trinajstić information content (AvgIpc) is 2.05. The van der Waals surface area contributed by atoms with Crippen molar-refractivity contribution in [3.8, 4) is 0 Å².